The maximum atomic E-state index is 13.9. The molecule has 0 radical (unpaired) electrons. The first-order valence-corrected chi connectivity index (χ1v) is 13.5. The third-order valence-electron chi connectivity index (χ3n) is 8.02. The molecular weight excluding hydrogens is 499 g/mol. The average molecular weight is 531 g/mol. The average Bonchev–Trinajstić information content (AvgIpc) is 3.39. The summed E-state index contributed by atoms with van der Waals surface area (Å²) in [7, 11) is 0. The van der Waals surface area contributed by atoms with Crippen LogP contribution in [0.25, 0.3) is 0 Å². The maximum absolute atomic E-state index is 13.9. The summed E-state index contributed by atoms with van der Waals surface area (Å²) in [6.45, 7) is 6.23. The molecule has 0 spiro atoms. The first-order valence-electron chi connectivity index (χ1n) is 13.1. The van der Waals surface area contributed by atoms with E-state index in [0.29, 0.717) is 37.1 Å². The number of rotatable bonds is 5. The van der Waals surface area contributed by atoms with Gasteiger partial charge in [0.1, 0.15) is 17.4 Å². The fourth-order valence-corrected chi connectivity index (χ4v) is 6.18. The van der Waals surface area contributed by atoms with E-state index in [4.69, 9.17) is 11.6 Å². The molecular formula is C27H32ClFN4O4. The topological polar surface area (TPSA) is 81.2 Å². The molecule has 3 amide bonds. The van der Waals surface area contributed by atoms with Crippen LogP contribution < -0.4 is 0 Å². The summed E-state index contributed by atoms with van der Waals surface area (Å²) in [6.07, 6.45) is 4.04. The predicted octanol–water partition coefficient (Wildman–Crippen LogP) is 2.60. The van der Waals surface area contributed by atoms with Crippen LogP contribution in [0.15, 0.2) is 29.5 Å². The molecule has 3 saturated heterocycles. The van der Waals surface area contributed by atoms with E-state index in [0.717, 1.165) is 38.9 Å². The van der Waals surface area contributed by atoms with Crippen molar-refractivity contribution in [3.63, 3.8) is 0 Å². The zero-order chi connectivity index (χ0) is 26.3. The summed E-state index contributed by atoms with van der Waals surface area (Å²) in [5.74, 6) is -4.18. The van der Waals surface area contributed by atoms with Gasteiger partial charge < -0.3 is 14.7 Å². The molecule has 0 N–H and O–H groups in total. The van der Waals surface area contributed by atoms with Gasteiger partial charge in [-0.15, -0.1) is 0 Å². The highest BCUT2D eigenvalue weighted by Crippen LogP contribution is 2.37. The second-order valence-corrected chi connectivity index (χ2v) is 10.8. The van der Waals surface area contributed by atoms with E-state index in [2.05, 4.69) is 4.90 Å². The van der Waals surface area contributed by atoms with E-state index in [1.54, 1.807) is 4.90 Å². The molecule has 1 aromatic rings. The smallest absolute Gasteiger partial charge is 0.295 e. The number of nitrogens with zero attached hydrogens (tertiary/aromatic N) is 4. The number of fused-ring (bicyclic) bond motifs is 2. The van der Waals surface area contributed by atoms with Crippen molar-refractivity contribution in [3.05, 3.63) is 45.9 Å². The normalized spacial score (nSPS) is 25.4. The lowest BCUT2D eigenvalue weighted by atomic mass is 9.80. The Morgan fingerprint density at radius 1 is 0.946 bits per heavy atom. The second kappa shape index (κ2) is 10.5. The minimum Gasteiger partial charge on any atom is -0.337 e. The van der Waals surface area contributed by atoms with Crippen LogP contribution in [0, 0.1) is 11.7 Å². The highest BCUT2D eigenvalue weighted by atomic mass is 35.5. The molecule has 2 atom stereocenters. The fourth-order valence-electron chi connectivity index (χ4n) is 5.98. The van der Waals surface area contributed by atoms with Crippen molar-refractivity contribution in [1.82, 2.24) is 19.6 Å². The van der Waals surface area contributed by atoms with E-state index in [1.165, 1.54) is 28.0 Å². The monoisotopic (exact) mass is 530 g/mol. The van der Waals surface area contributed by atoms with Crippen LogP contribution in [-0.4, -0.2) is 88.4 Å². The molecule has 1 aromatic carbocycles. The first kappa shape index (κ1) is 25.9. The van der Waals surface area contributed by atoms with Crippen molar-refractivity contribution < 1.29 is 23.6 Å². The Morgan fingerprint density at radius 3 is 2.43 bits per heavy atom. The lowest BCUT2D eigenvalue weighted by Gasteiger charge is -2.44. The van der Waals surface area contributed by atoms with Gasteiger partial charge in [0.2, 0.25) is 11.7 Å². The van der Waals surface area contributed by atoms with E-state index in [9.17, 15) is 23.6 Å². The standard InChI is InChI=1S/C27H32ClFN4O4/c1-17-5-4-11-31(14-13-30-9-2-3-10-30)26(36)23-19-8-12-32(16-18-6-7-21(29)20(28)15-18)25(35)22(19)24(34)27(37)33(17)23/h6-7,15,17,22H,2-5,8-14,16H2,1H3. The number of hydrogen-bond acceptors (Lipinski definition) is 5. The predicted molar refractivity (Wildman–Crippen MR) is 135 cm³/mol. The number of piperidine rings is 1. The Bertz CT molecular complexity index is 1170. The number of carbonyl (C=O) groups is 4. The van der Waals surface area contributed by atoms with Crippen molar-refractivity contribution >= 4 is 35.1 Å². The Hall–Kier alpha value is -2.78. The number of hydrogen-bond donors (Lipinski definition) is 0. The number of ketones is 1. The first-order chi connectivity index (χ1) is 17.8. The molecule has 0 aromatic heterocycles. The third-order valence-corrected chi connectivity index (χ3v) is 8.31. The summed E-state index contributed by atoms with van der Waals surface area (Å²) < 4.78 is 13.6. The molecule has 10 heteroatoms. The summed E-state index contributed by atoms with van der Waals surface area (Å²) >= 11 is 5.90. The van der Waals surface area contributed by atoms with Crippen LogP contribution in [0.2, 0.25) is 5.02 Å². The quantitative estimate of drug-likeness (QED) is 0.432. The van der Waals surface area contributed by atoms with Crippen LogP contribution in [-0.2, 0) is 25.7 Å². The molecule has 37 heavy (non-hydrogen) atoms. The molecule has 2 unspecified atom stereocenters. The van der Waals surface area contributed by atoms with Crippen molar-refractivity contribution in [3.8, 4) is 0 Å². The second-order valence-electron chi connectivity index (χ2n) is 10.4. The lowest BCUT2D eigenvalue weighted by molar-refractivity contribution is -0.155. The molecule has 0 bridgehead atoms. The molecule has 3 fully saturated rings. The zero-order valence-electron chi connectivity index (χ0n) is 21.0. The van der Waals surface area contributed by atoms with Crippen LogP contribution in [0.5, 0.6) is 0 Å². The molecule has 4 heterocycles. The van der Waals surface area contributed by atoms with E-state index >= 15 is 0 Å². The summed E-state index contributed by atoms with van der Waals surface area (Å²) in [6, 6.07) is 3.92. The molecule has 4 aliphatic rings. The molecule has 4 aliphatic heterocycles. The Balaban J connectivity index is 1.45. The molecule has 8 nitrogen and oxygen atoms in total. The number of benzene rings is 1. The Morgan fingerprint density at radius 2 is 1.70 bits per heavy atom. The molecule has 0 saturated carbocycles. The van der Waals surface area contributed by atoms with E-state index in [1.807, 2.05) is 6.92 Å². The largest absolute Gasteiger partial charge is 0.337 e. The van der Waals surface area contributed by atoms with Crippen molar-refractivity contribution in [2.24, 2.45) is 5.92 Å². The summed E-state index contributed by atoms with van der Waals surface area (Å²) in [5, 5.41) is -0.0487. The van der Waals surface area contributed by atoms with Crippen LogP contribution in [0.3, 0.4) is 0 Å². The van der Waals surface area contributed by atoms with E-state index in [-0.39, 0.29) is 35.8 Å². The van der Waals surface area contributed by atoms with Crippen molar-refractivity contribution in [1.29, 1.82) is 0 Å². The van der Waals surface area contributed by atoms with Crippen LogP contribution >= 0.6 is 11.6 Å². The number of amides is 3. The van der Waals surface area contributed by atoms with Crippen LogP contribution in [0.4, 0.5) is 4.39 Å². The number of Topliss-reactive ketones (excluding diaryl/α,β-unsaturated/α-hetero) is 1. The highest BCUT2D eigenvalue weighted by Gasteiger charge is 2.51. The van der Waals surface area contributed by atoms with Gasteiger partial charge in [-0.1, -0.05) is 17.7 Å². The van der Waals surface area contributed by atoms with Gasteiger partial charge in [0.05, 0.1) is 5.02 Å². The van der Waals surface area contributed by atoms with Gasteiger partial charge in [-0.3, -0.25) is 24.1 Å². The lowest BCUT2D eigenvalue weighted by Crippen LogP contribution is -2.59. The van der Waals surface area contributed by atoms with Gasteiger partial charge in [0.15, 0.2) is 0 Å². The summed E-state index contributed by atoms with van der Waals surface area (Å²) in [5.41, 5.74) is 1.30. The van der Waals surface area contributed by atoms with Gasteiger partial charge in [0.25, 0.3) is 11.8 Å². The number of halogens is 2. The Labute approximate surface area is 221 Å². The summed E-state index contributed by atoms with van der Waals surface area (Å²) in [4.78, 5) is 61.0. The minimum absolute atomic E-state index is 0.0487. The fraction of sp³-hybridized carbons (Fsp3) is 0.556. The van der Waals surface area contributed by atoms with E-state index < -0.39 is 29.3 Å². The zero-order valence-corrected chi connectivity index (χ0v) is 21.8. The van der Waals surface area contributed by atoms with Crippen molar-refractivity contribution in [2.45, 2.75) is 51.6 Å². The molecule has 198 valence electrons. The van der Waals surface area contributed by atoms with Gasteiger partial charge in [0, 0.05) is 38.8 Å². The SMILES string of the molecule is CC1CCCN(CCN2CCCC2)C(=O)C2=C3CCN(Cc4ccc(F)c(Cl)c4)C(=O)C3C(=O)C(=O)N21. The number of carbonyl (C=O) groups excluding carboxylic acids is 4. The van der Waals surface area contributed by atoms with Gasteiger partial charge in [-0.05, 0) is 75.4 Å². The highest BCUT2D eigenvalue weighted by molar-refractivity contribution is 6.43. The van der Waals surface area contributed by atoms with Crippen LogP contribution in [0.1, 0.15) is 44.6 Å². The van der Waals surface area contributed by atoms with Gasteiger partial charge in [-0.2, -0.15) is 0 Å². The Kier molecular flexibility index (Phi) is 7.36. The molecule has 0 aliphatic carbocycles. The van der Waals surface area contributed by atoms with Gasteiger partial charge in [-0.25, -0.2) is 4.39 Å². The maximum Gasteiger partial charge on any atom is 0.295 e. The third kappa shape index (κ3) is 4.91. The van der Waals surface area contributed by atoms with Crippen molar-refractivity contribution in [2.75, 3.05) is 39.3 Å². The number of likely N-dealkylation sites (tertiary alicyclic amines) is 2. The van der Waals surface area contributed by atoms with Gasteiger partial charge >= 0.3 is 0 Å². The minimum atomic E-state index is -1.29. The molecule has 5 rings (SSSR count).